The smallest absolute Gasteiger partial charge is 0.220 e. The Morgan fingerprint density at radius 3 is 0.921 bits per heavy atom. The summed E-state index contributed by atoms with van der Waals surface area (Å²) in [6, 6.07) is -0.825. The molecule has 3 atom stereocenters. The van der Waals surface area contributed by atoms with Gasteiger partial charge in [-0.05, 0) is 64.2 Å². The molecule has 0 bridgehead atoms. The summed E-state index contributed by atoms with van der Waals surface area (Å²) in [5.74, 6) is -0.149. The number of allylic oxidation sites excluding steroid dienone is 4. The predicted molar refractivity (Wildman–Crippen MR) is 278 cm³/mol. The zero-order chi connectivity index (χ0) is 45.8. The van der Waals surface area contributed by atoms with Gasteiger partial charge >= 0.3 is 0 Å². The van der Waals surface area contributed by atoms with Crippen molar-refractivity contribution < 1.29 is 20.1 Å². The monoisotopic (exact) mass is 888 g/mol. The third-order valence-electron chi connectivity index (χ3n) is 13.5. The lowest BCUT2D eigenvalue weighted by molar-refractivity contribution is -0.124. The van der Waals surface area contributed by atoms with Gasteiger partial charge in [-0.25, -0.2) is 0 Å². The molecular formula is C58H113NO4. The summed E-state index contributed by atoms with van der Waals surface area (Å²) in [6.45, 7) is 4.20. The van der Waals surface area contributed by atoms with Gasteiger partial charge in [-0.3, -0.25) is 4.79 Å². The zero-order valence-corrected chi connectivity index (χ0v) is 42.7. The molecule has 0 aliphatic carbocycles. The Kier molecular flexibility index (Phi) is 52.5. The first-order valence-corrected chi connectivity index (χ1v) is 28.6. The molecule has 0 aromatic rings. The summed E-state index contributed by atoms with van der Waals surface area (Å²) in [6.07, 6.45) is 67.7. The lowest BCUT2D eigenvalue weighted by atomic mass is 10.0. The molecule has 374 valence electrons. The van der Waals surface area contributed by atoms with Crippen molar-refractivity contribution in [2.24, 2.45) is 0 Å². The number of hydrogen-bond acceptors (Lipinski definition) is 4. The molecule has 0 aromatic carbocycles. The van der Waals surface area contributed by atoms with E-state index in [0.717, 1.165) is 38.5 Å². The molecule has 3 unspecified atom stereocenters. The molecule has 0 saturated carbocycles. The highest BCUT2D eigenvalue weighted by atomic mass is 16.3. The van der Waals surface area contributed by atoms with Crippen LogP contribution in [-0.2, 0) is 4.79 Å². The van der Waals surface area contributed by atoms with Crippen molar-refractivity contribution in [2.45, 2.75) is 334 Å². The van der Waals surface area contributed by atoms with E-state index >= 15 is 0 Å². The number of amides is 1. The van der Waals surface area contributed by atoms with Crippen LogP contribution in [-0.4, -0.2) is 46.1 Å². The molecule has 5 heteroatoms. The van der Waals surface area contributed by atoms with Crippen LogP contribution in [0.3, 0.4) is 0 Å². The number of carbonyl (C=O) groups excluding carboxylic acids is 1. The lowest BCUT2D eigenvalue weighted by Crippen LogP contribution is -2.50. The van der Waals surface area contributed by atoms with Crippen LogP contribution in [0.2, 0.25) is 0 Å². The molecule has 0 radical (unpaired) electrons. The molecule has 63 heavy (non-hydrogen) atoms. The first-order chi connectivity index (χ1) is 31.1. The highest BCUT2D eigenvalue weighted by Crippen LogP contribution is 2.17. The van der Waals surface area contributed by atoms with Crippen LogP contribution in [0.15, 0.2) is 24.3 Å². The quantitative estimate of drug-likeness (QED) is 0.0362. The van der Waals surface area contributed by atoms with Crippen molar-refractivity contribution in [3.05, 3.63) is 24.3 Å². The van der Waals surface area contributed by atoms with E-state index in [1.54, 1.807) is 0 Å². The van der Waals surface area contributed by atoms with Crippen molar-refractivity contribution in [1.29, 1.82) is 0 Å². The summed E-state index contributed by atoms with van der Waals surface area (Å²) in [5.41, 5.74) is 0. The summed E-state index contributed by atoms with van der Waals surface area (Å²) in [7, 11) is 0. The molecule has 0 heterocycles. The molecular weight excluding hydrogens is 775 g/mol. The highest BCUT2D eigenvalue weighted by Gasteiger charge is 2.26. The first kappa shape index (κ1) is 61.8. The number of aliphatic hydroxyl groups excluding tert-OH is 3. The topological polar surface area (TPSA) is 89.8 Å². The summed E-state index contributed by atoms with van der Waals surface area (Å²) >= 11 is 0. The number of carbonyl (C=O) groups is 1. The third-order valence-corrected chi connectivity index (χ3v) is 13.5. The van der Waals surface area contributed by atoms with Gasteiger partial charge < -0.3 is 20.6 Å². The van der Waals surface area contributed by atoms with Gasteiger partial charge in [0.25, 0.3) is 0 Å². The Morgan fingerprint density at radius 2 is 0.635 bits per heavy atom. The average molecular weight is 889 g/mol. The van der Waals surface area contributed by atoms with E-state index in [4.69, 9.17) is 0 Å². The van der Waals surface area contributed by atoms with Gasteiger partial charge in [-0.15, -0.1) is 0 Å². The maximum atomic E-state index is 12.5. The fraction of sp³-hybridized carbons (Fsp3) is 0.914. The molecule has 0 aromatic heterocycles. The Labute approximate surface area is 394 Å². The zero-order valence-electron chi connectivity index (χ0n) is 42.7. The van der Waals surface area contributed by atoms with Crippen LogP contribution < -0.4 is 5.32 Å². The predicted octanol–water partition coefficient (Wildman–Crippen LogP) is 17.7. The standard InChI is InChI=1S/C58H113NO4/c1-3-5-7-9-11-13-15-17-19-21-23-24-25-26-27-28-29-30-31-32-33-35-37-39-41-43-45-47-49-51-53-57(62)59-55(54-60)58(63)56(61)52-50-48-46-44-42-40-38-36-34-22-20-18-16-14-12-10-8-6-4-2/h26-27,44,46,55-56,58,60-61,63H,3-25,28-43,45,47-54H2,1-2H3,(H,59,62)/b27-26-,46-44+. The van der Waals surface area contributed by atoms with Crippen LogP contribution in [0.5, 0.6) is 0 Å². The highest BCUT2D eigenvalue weighted by molar-refractivity contribution is 5.76. The van der Waals surface area contributed by atoms with Crippen molar-refractivity contribution in [1.82, 2.24) is 5.32 Å². The van der Waals surface area contributed by atoms with E-state index in [2.05, 4.69) is 43.5 Å². The van der Waals surface area contributed by atoms with Gasteiger partial charge in [0.15, 0.2) is 0 Å². The maximum Gasteiger partial charge on any atom is 0.220 e. The molecule has 4 N–H and O–H groups in total. The van der Waals surface area contributed by atoms with Crippen LogP contribution in [0.4, 0.5) is 0 Å². The van der Waals surface area contributed by atoms with Crippen LogP contribution in [0, 0.1) is 0 Å². The molecule has 0 rings (SSSR count). The minimum absolute atomic E-state index is 0.149. The Bertz CT molecular complexity index is 936. The average Bonchev–Trinajstić information content (AvgIpc) is 3.29. The molecule has 0 aliphatic heterocycles. The second-order valence-electron chi connectivity index (χ2n) is 19.8. The van der Waals surface area contributed by atoms with Crippen molar-refractivity contribution in [3.8, 4) is 0 Å². The molecule has 5 nitrogen and oxygen atoms in total. The molecule has 1 amide bonds. The molecule has 0 spiro atoms. The van der Waals surface area contributed by atoms with E-state index < -0.39 is 18.2 Å². The van der Waals surface area contributed by atoms with Crippen LogP contribution >= 0.6 is 0 Å². The fourth-order valence-electron chi connectivity index (χ4n) is 9.10. The SMILES string of the molecule is CCCCCCCCCCCCCC/C=C\CCCCCCCCCCCCCCCCC(=O)NC(CO)C(O)C(O)CCC/C=C/CCCCCCCCCCCCCCCC. The van der Waals surface area contributed by atoms with E-state index in [1.165, 1.54) is 250 Å². The Hall–Kier alpha value is -1.17. The van der Waals surface area contributed by atoms with Gasteiger partial charge in [-0.1, -0.05) is 269 Å². The minimum Gasteiger partial charge on any atom is -0.394 e. The summed E-state index contributed by atoms with van der Waals surface area (Å²) < 4.78 is 0. The number of unbranched alkanes of at least 4 members (excludes halogenated alkanes) is 41. The van der Waals surface area contributed by atoms with Gasteiger partial charge in [0.2, 0.25) is 5.91 Å². The number of aliphatic hydroxyl groups is 3. The largest absolute Gasteiger partial charge is 0.394 e. The molecule has 0 aliphatic rings. The number of nitrogens with one attached hydrogen (secondary N) is 1. The van der Waals surface area contributed by atoms with Crippen molar-refractivity contribution in [2.75, 3.05) is 6.61 Å². The summed E-state index contributed by atoms with van der Waals surface area (Å²) in [5, 5.41) is 33.7. The van der Waals surface area contributed by atoms with Crippen molar-refractivity contribution in [3.63, 3.8) is 0 Å². The van der Waals surface area contributed by atoms with Crippen LogP contribution in [0.1, 0.15) is 316 Å². The van der Waals surface area contributed by atoms with Gasteiger partial charge in [0.05, 0.1) is 18.8 Å². The van der Waals surface area contributed by atoms with Gasteiger partial charge in [-0.2, -0.15) is 0 Å². The van der Waals surface area contributed by atoms with E-state index in [9.17, 15) is 20.1 Å². The normalized spacial score (nSPS) is 13.4. The lowest BCUT2D eigenvalue weighted by Gasteiger charge is -2.26. The molecule has 0 saturated heterocycles. The Balaban J connectivity index is 3.53. The minimum atomic E-state index is -1.16. The second kappa shape index (κ2) is 53.4. The number of rotatable bonds is 53. The fourth-order valence-corrected chi connectivity index (χ4v) is 9.10. The Morgan fingerprint density at radius 1 is 0.381 bits per heavy atom. The first-order valence-electron chi connectivity index (χ1n) is 28.6. The van der Waals surface area contributed by atoms with E-state index in [1.807, 2.05) is 0 Å². The number of hydrogen-bond donors (Lipinski definition) is 4. The van der Waals surface area contributed by atoms with Gasteiger partial charge in [0, 0.05) is 6.42 Å². The molecule has 0 fully saturated rings. The van der Waals surface area contributed by atoms with Gasteiger partial charge in [0.1, 0.15) is 6.10 Å². The summed E-state index contributed by atoms with van der Waals surface area (Å²) in [4.78, 5) is 12.5. The van der Waals surface area contributed by atoms with E-state index in [-0.39, 0.29) is 12.5 Å². The van der Waals surface area contributed by atoms with Crippen LogP contribution in [0.25, 0.3) is 0 Å². The van der Waals surface area contributed by atoms with E-state index in [0.29, 0.717) is 12.8 Å². The second-order valence-corrected chi connectivity index (χ2v) is 19.8. The van der Waals surface area contributed by atoms with Crippen molar-refractivity contribution >= 4 is 5.91 Å². The third kappa shape index (κ3) is 48.6. The maximum absolute atomic E-state index is 12.5.